The fourth-order valence-corrected chi connectivity index (χ4v) is 1.23. The maximum absolute atomic E-state index is 11.6. The molecule has 1 heterocycles. The van der Waals surface area contributed by atoms with Crippen molar-refractivity contribution in [2.24, 2.45) is 5.73 Å². The van der Waals surface area contributed by atoms with Crippen molar-refractivity contribution in [3.8, 4) is 0 Å². The van der Waals surface area contributed by atoms with E-state index in [4.69, 9.17) is 10.5 Å². The number of hydrogen-bond acceptors (Lipinski definition) is 4. The fourth-order valence-electron chi connectivity index (χ4n) is 1.23. The summed E-state index contributed by atoms with van der Waals surface area (Å²) in [5.41, 5.74) is 6.25. The zero-order valence-corrected chi connectivity index (χ0v) is 9.93. The molecule has 0 radical (unpaired) electrons. The van der Waals surface area contributed by atoms with Crippen LogP contribution in [0.25, 0.3) is 0 Å². The Kier molecular flexibility index (Phi) is 4.01. The molecule has 1 atom stereocenters. The lowest BCUT2D eigenvalue weighted by Crippen LogP contribution is -2.38. The van der Waals surface area contributed by atoms with Gasteiger partial charge in [-0.05, 0) is 44.9 Å². The molecule has 1 rings (SSSR count). The highest BCUT2D eigenvalue weighted by atomic mass is 16.6. The molecule has 0 saturated carbocycles. The van der Waals surface area contributed by atoms with Crippen LogP contribution in [0.1, 0.15) is 26.3 Å². The third-order valence-corrected chi connectivity index (χ3v) is 1.91. The molecule has 1 aromatic rings. The Balaban J connectivity index is 2.53. The Hall–Kier alpha value is -1.42. The number of nitrogens with zero attached hydrogens (tertiary/aromatic N) is 1. The van der Waals surface area contributed by atoms with Crippen LogP contribution in [0.15, 0.2) is 24.5 Å². The van der Waals surface area contributed by atoms with Gasteiger partial charge >= 0.3 is 5.97 Å². The summed E-state index contributed by atoms with van der Waals surface area (Å²) in [7, 11) is 0. The zero-order chi connectivity index (χ0) is 12.2. The van der Waals surface area contributed by atoms with Gasteiger partial charge in [0.05, 0.1) is 0 Å². The second-order valence-corrected chi connectivity index (χ2v) is 4.70. The molecule has 0 fully saturated rings. The largest absolute Gasteiger partial charge is 0.459 e. The van der Waals surface area contributed by atoms with Gasteiger partial charge in [0.15, 0.2) is 0 Å². The van der Waals surface area contributed by atoms with Gasteiger partial charge in [0.25, 0.3) is 0 Å². The molecule has 2 N–H and O–H groups in total. The maximum Gasteiger partial charge on any atom is 0.323 e. The third-order valence-electron chi connectivity index (χ3n) is 1.91. The molecule has 88 valence electrons. The molecule has 0 aromatic carbocycles. The van der Waals surface area contributed by atoms with Crippen molar-refractivity contribution in [3.63, 3.8) is 0 Å². The summed E-state index contributed by atoms with van der Waals surface area (Å²) in [5.74, 6) is -0.371. The first-order valence-corrected chi connectivity index (χ1v) is 5.26. The number of carbonyl (C=O) groups excluding carboxylic acids is 1. The van der Waals surface area contributed by atoms with Crippen LogP contribution in [-0.2, 0) is 16.0 Å². The predicted molar refractivity (Wildman–Crippen MR) is 61.8 cm³/mol. The summed E-state index contributed by atoms with van der Waals surface area (Å²) in [6, 6.07) is 3.05. The fraction of sp³-hybridized carbons (Fsp3) is 0.500. The molecule has 0 bridgehead atoms. The SMILES string of the molecule is CC(C)(C)OC(=O)C(N)Cc1ccncc1. The van der Waals surface area contributed by atoms with Crippen LogP contribution < -0.4 is 5.73 Å². The van der Waals surface area contributed by atoms with E-state index in [1.54, 1.807) is 12.4 Å². The average molecular weight is 222 g/mol. The summed E-state index contributed by atoms with van der Waals surface area (Å²) in [5, 5.41) is 0. The van der Waals surface area contributed by atoms with Crippen LogP contribution in [0.2, 0.25) is 0 Å². The number of hydrogen-bond donors (Lipinski definition) is 1. The first-order chi connectivity index (χ1) is 7.38. The topological polar surface area (TPSA) is 65.2 Å². The van der Waals surface area contributed by atoms with Gasteiger partial charge in [-0.1, -0.05) is 0 Å². The van der Waals surface area contributed by atoms with E-state index < -0.39 is 11.6 Å². The molecule has 0 spiro atoms. The van der Waals surface area contributed by atoms with Gasteiger partial charge in [0.2, 0.25) is 0 Å². The number of nitrogens with two attached hydrogens (primary N) is 1. The average Bonchev–Trinajstić information content (AvgIpc) is 2.16. The molecule has 0 aliphatic rings. The van der Waals surface area contributed by atoms with Crippen LogP contribution in [0, 0.1) is 0 Å². The van der Waals surface area contributed by atoms with E-state index in [1.807, 2.05) is 32.9 Å². The minimum Gasteiger partial charge on any atom is -0.459 e. The molecule has 0 aliphatic carbocycles. The smallest absolute Gasteiger partial charge is 0.323 e. The van der Waals surface area contributed by atoms with Crippen molar-refractivity contribution in [1.82, 2.24) is 4.98 Å². The van der Waals surface area contributed by atoms with Crippen molar-refractivity contribution in [3.05, 3.63) is 30.1 Å². The van der Waals surface area contributed by atoms with Crippen molar-refractivity contribution in [2.75, 3.05) is 0 Å². The number of aromatic nitrogens is 1. The van der Waals surface area contributed by atoms with Crippen LogP contribution in [0.5, 0.6) is 0 Å². The molecule has 0 saturated heterocycles. The highest BCUT2D eigenvalue weighted by Gasteiger charge is 2.22. The highest BCUT2D eigenvalue weighted by Crippen LogP contribution is 2.09. The lowest BCUT2D eigenvalue weighted by atomic mass is 10.1. The molecular weight excluding hydrogens is 204 g/mol. The molecule has 1 aromatic heterocycles. The predicted octanol–water partition coefficient (Wildman–Crippen LogP) is 1.29. The van der Waals surface area contributed by atoms with Crippen molar-refractivity contribution in [1.29, 1.82) is 0 Å². The van der Waals surface area contributed by atoms with E-state index in [9.17, 15) is 4.79 Å². The van der Waals surface area contributed by atoms with Gasteiger partial charge in [-0.15, -0.1) is 0 Å². The third kappa shape index (κ3) is 4.40. The van der Waals surface area contributed by atoms with E-state index in [1.165, 1.54) is 0 Å². The Bertz CT molecular complexity index is 344. The minimum absolute atomic E-state index is 0.371. The van der Waals surface area contributed by atoms with Crippen LogP contribution in [0.4, 0.5) is 0 Å². The van der Waals surface area contributed by atoms with Gasteiger partial charge in [-0.25, -0.2) is 0 Å². The van der Waals surface area contributed by atoms with Gasteiger partial charge < -0.3 is 10.5 Å². The Morgan fingerprint density at radius 2 is 2.00 bits per heavy atom. The Morgan fingerprint density at radius 3 is 2.50 bits per heavy atom. The van der Waals surface area contributed by atoms with Gasteiger partial charge in [-0.2, -0.15) is 0 Å². The van der Waals surface area contributed by atoms with Crippen LogP contribution in [-0.4, -0.2) is 22.6 Å². The van der Waals surface area contributed by atoms with Crippen molar-refractivity contribution in [2.45, 2.75) is 38.8 Å². The molecule has 4 heteroatoms. The van der Waals surface area contributed by atoms with Gasteiger partial charge in [0.1, 0.15) is 11.6 Å². The van der Waals surface area contributed by atoms with Gasteiger partial charge in [0, 0.05) is 12.4 Å². The van der Waals surface area contributed by atoms with Crippen molar-refractivity contribution < 1.29 is 9.53 Å². The molecule has 0 amide bonds. The Labute approximate surface area is 95.8 Å². The summed E-state index contributed by atoms with van der Waals surface area (Å²) in [4.78, 5) is 15.5. The molecule has 1 unspecified atom stereocenters. The Morgan fingerprint density at radius 1 is 1.44 bits per heavy atom. The van der Waals surface area contributed by atoms with E-state index in [2.05, 4.69) is 4.98 Å². The second-order valence-electron chi connectivity index (χ2n) is 4.70. The number of pyridine rings is 1. The number of esters is 1. The molecular formula is C12H18N2O2. The van der Waals surface area contributed by atoms with Crippen LogP contribution >= 0.6 is 0 Å². The quantitative estimate of drug-likeness (QED) is 0.783. The summed E-state index contributed by atoms with van der Waals surface area (Å²) in [6.07, 6.45) is 3.83. The first kappa shape index (κ1) is 12.6. The van der Waals surface area contributed by atoms with Crippen LogP contribution in [0.3, 0.4) is 0 Å². The van der Waals surface area contributed by atoms with E-state index in [0.29, 0.717) is 6.42 Å². The minimum atomic E-state index is -0.623. The summed E-state index contributed by atoms with van der Waals surface area (Å²) in [6.45, 7) is 5.47. The molecule has 4 nitrogen and oxygen atoms in total. The maximum atomic E-state index is 11.6. The lowest BCUT2D eigenvalue weighted by Gasteiger charge is -2.22. The van der Waals surface area contributed by atoms with Crippen molar-refractivity contribution >= 4 is 5.97 Å². The zero-order valence-electron chi connectivity index (χ0n) is 9.93. The first-order valence-electron chi connectivity index (χ1n) is 5.26. The number of carbonyl (C=O) groups is 1. The summed E-state index contributed by atoms with van der Waals surface area (Å²) >= 11 is 0. The lowest BCUT2D eigenvalue weighted by molar-refractivity contribution is -0.156. The standard InChI is InChI=1S/C12H18N2O2/c1-12(2,3)16-11(15)10(13)8-9-4-6-14-7-5-9/h4-7,10H,8,13H2,1-3H3. The number of ether oxygens (including phenoxy) is 1. The summed E-state index contributed by atoms with van der Waals surface area (Å²) < 4.78 is 5.19. The normalized spacial score (nSPS) is 13.2. The van der Waals surface area contributed by atoms with Gasteiger partial charge in [-0.3, -0.25) is 9.78 Å². The monoisotopic (exact) mass is 222 g/mol. The highest BCUT2D eigenvalue weighted by molar-refractivity contribution is 5.76. The number of rotatable bonds is 3. The second kappa shape index (κ2) is 5.07. The molecule has 0 aliphatic heterocycles. The van der Waals surface area contributed by atoms with E-state index in [0.717, 1.165) is 5.56 Å². The van der Waals surface area contributed by atoms with E-state index in [-0.39, 0.29) is 5.97 Å². The van der Waals surface area contributed by atoms with E-state index >= 15 is 0 Å². The molecule has 16 heavy (non-hydrogen) atoms.